The molecule has 174 valence electrons. The summed E-state index contributed by atoms with van der Waals surface area (Å²) in [6.45, 7) is 7.35. The summed E-state index contributed by atoms with van der Waals surface area (Å²) >= 11 is 0. The summed E-state index contributed by atoms with van der Waals surface area (Å²) < 4.78 is 31.8. The summed E-state index contributed by atoms with van der Waals surface area (Å²) in [6, 6.07) is 10.7. The number of esters is 1. The van der Waals surface area contributed by atoms with Crippen LogP contribution in [0, 0.1) is 13.8 Å². The van der Waals surface area contributed by atoms with Crippen LogP contribution in [0.5, 0.6) is 0 Å². The smallest absolute Gasteiger partial charge is 0.338 e. The number of ether oxygens (including phenoxy) is 1. The first-order valence-electron chi connectivity index (χ1n) is 10.5. The standard InChI is InChI=1S/C23H26N4O5S/c1-5-27(6-2)33(30,31)19-9-7-8-18(13-19)26-22(28)14-32-23(29)17-10-11-20-21(12-17)25-16(4)15(3)24-20/h7-13H,5-6,14H2,1-4H3,(H,26,28). The van der Waals surface area contributed by atoms with E-state index in [0.29, 0.717) is 24.1 Å². The number of hydrogen-bond acceptors (Lipinski definition) is 7. The number of hydrogen-bond donors (Lipinski definition) is 1. The highest BCUT2D eigenvalue weighted by Crippen LogP contribution is 2.20. The van der Waals surface area contributed by atoms with E-state index in [9.17, 15) is 18.0 Å². The van der Waals surface area contributed by atoms with Gasteiger partial charge in [0.25, 0.3) is 5.91 Å². The third kappa shape index (κ3) is 5.52. The summed E-state index contributed by atoms with van der Waals surface area (Å²) in [5.74, 6) is -1.27. The van der Waals surface area contributed by atoms with Crippen molar-refractivity contribution in [2.45, 2.75) is 32.6 Å². The van der Waals surface area contributed by atoms with Crippen molar-refractivity contribution in [2.75, 3.05) is 25.0 Å². The lowest BCUT2D eigenvalue weighted by Crippen LogP contribution is -2.30. The highest BCUT2D eigenvalue weighted by atomic mass is 32.2. The van der Waals surface area contributed by atoms with Crippen molar-refractivity contribution >= 4 is 38.6 Å². The molecule has 0 atom stereocenters. The van der Waals surface area contributed by atoms with E-state index in [1.54, 1.807) is 38.1 Å². The van der Waals surface area contributed by atoms with Crippen molar-refractivity contribution in [1.29, 1.82) is 0 Å². The van der Waals surface area contributed by atoms with Crippen molar-refractivity contribution in [3.05, 3.63) is 59.4 Å². The van der Waals surface area contributed by atoms with Gasteiger partial charge in [0.1, 0.15) is 0 Å². The molecular weight excluding hydrogens is 444 g/mol. The largest absolute Gasteiger partial charge is 0.452 e. The van der Waals surface area contributed by atoms with Gasteiger partial charge in [-0.1, -0.05) is 19.9 Å². The van der Waals surface area contributed by atoms with Crippen molar-refractivity contribution in [3.8, 4) is 0 Å². The van der Waals surface area contributed by atoms with E-state index < -0.39 is 28.5 Å². The fourth-order valence-corrected chi connectivity index (χ4v) is 4.72. The maximum atomic E-state index is 12.7. The molecule has 0 aliphatic carbocycles. The van der Waals surface area contributed by atoms with Gasteiger partial charge in [0.2, 0.25) is 10.0 Å². The normalized spacial score (nSPS) is 11.5. The van der Waals surface area contributed by atoms with E-state index >= 15 is 0 Å². The van der Waals surface area contributed by atoms with Gasteiger partial charge in [-0.3, -0.25) is 4.79 Å². The number of sulfonamides is 1. The van der Waals surface area contributed by atoms with Crippen LogP contribution in [0.2, 0.25) is 0 Å². The number of nitrogens with one attached hydrogen (secondary N) is 1. The van der Waals surface area contributed by atoms with Crippen LogP contribution in [0.4, 0.5) is 5.69 Å². The zero-order valence-electron chi connectivity index (χ0n) is 19.0. The lowest BCUT2D eigenvalue weighted by Gasteiger charge is -2.18. The van der Waals surface area contributed by atoms with Gasteiger partial charge in [0, 0.05) is 18.8 Å². The molecule has 0 radical (unpaired) electrons. The number of carbonyl (C=O) groups excluding carboxylic acids is 2. The van der Waals surface area contributed by atoms with Gasteiger partial charge in [-0.25, -0.2) is 23.2 Å². The Morgan fingerprint density at radius 3 is 2.30 bits per heavy atom. The van der Waals surface area contributed by atoms with Gasteiger partial charge in [-0.05, 0) is 50.2 Å². The molecule has 0 aliphatic rings. The van der Waals surface area contributed by atoms with Gasteiger partial charge in [-0.15, -0.1) is 0 Å². The van der Waals surface area contributed by atoms with Crippen LogP contribution in [-0.2, 0) is 19.6 Å². The van der Waals surface area contributed by atoms with Gasteiger partial charge in [-0.2, -0.15) is 4.31 Å². The molecule has 3 aromatic rings. The van der Waals surface area contributed by atoms with Crippen molar-refractivity contribution in [2.24, 2.45) is 0 Å². The molecule has 0 fully saturated rings. The first-order chi connectivity index (χ1) is 15.6. The average molecular weight is 471 g/mol. The Labute approximate surface area is 192 Å². The topological polar surface area (TPSA) is 119 Å². The first kappa shape index (κ1) is 24.3. The number of fused-ring (bicyclic) bond motifs is 1. The molecule has 0 unspecified atom stereocenters. The van der Waals surface area contributed by atoms with Crippen molar-refractivity contribution < 1.29 is 22.7 Å². The average Bonchev–Trinajstić information content (AvgIpc) is 2.78. The second kappa shape index (κ2) is 10.1. The van der Waals surface area contributed by atoms with E-state index in [2.05, 4.69) is 15.3 Å². The maximum absolute atomic E-state index is 12.7. The molecule has 0 bridgehead atoms. The Kier molecular flexibility index (Phi) is 7.39. The third-order valence-electron chi connectivity index (χ3n) is 5.11. The lowest BCUT2D eigenvalue weighted by molar-refractivity contribution is -0.119. The van der Waals surface area contributed by atoms with E-state index in [4.69, 9.17) is 4.74 Å². The molecular formula is C23H26N4O5S. The number of carbonyl (C=O) groups is 2. The number of amides is 1. The minimum absolute atomic E-state index is 0.0730. The Bertz CT molecular complexity index is 1300. The Balaban J connectivity index is 1.65. The molecule has 2 aromatic carbocycles. The van der Waals surface area contributed by atoms with Crippen LogP contribution >= 0.6 is 0 Å². The predicted octanol–water partition coefficient (Wildman–Crippen LogP) is 3.07. The Morgan fingerprint density at radius 2 is 1.64 bits per heavy atom. The minimum atomic E-state index is -3.66. The molecule has 9 nitrogen and oxygen atoms in total. The number of anilines is 1. The fraction of sp³-hybridized carbons (Fsp3) is 0.304. The van der Waals surface area contributed by atoms with Crippen molar-refractivity contribution in [1.82, 2.24) is 14.3 Å². The molecule has 3 rings (SSSR count). The summed E-state index contributed by atoms with van der Waals surface area (Å²) in [5.41, 5.74) is 3.33. The molecule has 1 amide bonds. The summed E-state index contributed by atoms with van der Waals surface area (Å²) in [6.07, 6.45) is 0. The van der Waals surface area contributed by atoms with E-state index in [-0.39, 0.29) is 16.1 Å². The van der Waals surface area contributed by atoms with Crippen LogP contribution in [-0.4, -0.2) is 54.3 Å². The highest BCUT2D eigenvalue weighted by Gasteiger charge is 2.22. The van der Waals surface area contributed by atoms with Gasteiger partial charge >= 0.3 is 5.97 Å². The van der Waals surface area contributed by atoms with Crippen molar-refractivity contribution in [3.63, 3.8) is 0 Å². The number of nitrogens with zero attached hydrogens (tertiary/aromatic N) is 3. The monoisotopic (exact) mass is 470 g/mol. The molecule has 0 spiro atoms. The van der Waals surface area contributed by atoms with Crippen LogP contribution < -0.4 is 5.32 Å². The molecule has 0 saturated carbocycles. The SMILES string of the molecule is CCN(CC)S(=O)(=O)c1cccc(NC(=O)COC(=O)c2ccc3nc(C)c(C)nc3c2)c1. The van der Waals surface area contributed by atoms with Crippen LogP contribution in [0.15, 0.2) is 47.4 Å². The molecule has 1 heterocycles. The Morgan fingerprint density at radius 1 is 0.970 bits per heavy atom. The molecule has 10 heteroatoms. The van der Waals surface area contributed by atoms with E-state index in [1.165, 1.54) is 22.5 Å². The minimum Gasteiger partial charge on any atom is -0.452 e. The van der Waals surface area contributed by atoms with Gasteiger partial charge < -0.3 is 10.1 Å². The van der Waals surface area contributed by atoms with Crippen LogP contribution in [0.25, 0.3) is 11.0 Å². The van der Waals surface area contributed by atoms with E-state index in [0.717, 1.165) is 11.4 Å². The van der Waals surface area contributed by atoms with E-state index in [1.807, 2.05) is 13.8 Å². The number of aryl methyl sites for hydroxylation is 2. The van der Waals surface area contributed by atoms with Crippen LogP contribution in [0.3, 0.4) is 0 Å². The summed E-state index contributed by atoms with van der Waals surface area (Å²) in [5, 5.41) is 2.56. The van der Waals surface area contributed by atoms with Crippen LogP contribution in [0.1, 0.15) is 35.6 Å². The highest BCUT2D eigenvalue weighted by molar-refractivity contribution is 7.89. The molecule has 33 heavy (non-hydrogen) atoms. The second-order valence-electron chi connectivity index (χ2n) is 7.34. The zero-order chi connectivity index (χ0) is 24.2. The Hall–Kier alpha value is -3.37. The second-order valence-corrected chi connectivity index (χ2v) is 9.28. The predicted molar refractivity (Wildman–Crippen MR) is 124 cm³/mol. The lowest BCUT2D eigenvalue weighted by atomic mass is 10.2. The number of rotatable bonds is 8. The molecule has 1 aromatic heterocycles. The molecule has 0 saturated heterocycles. The van der Waals surface area contributed by atoms with Gasteiger partial charge in [0.05, 0.1) is 32.9 Å². The maximum Gasteiger partial charge on any atom is 0.338 e. The summed E-state index contributed by atoms with van der Waals surface area (Å²) in [4.78, 5) is 33.6. The number of benzene rings is 2. The van der Waals surface area contributed by atoms with Gasteiger partial charge in [0.15, 0.2) is 6.61 Å². The first-order valence-corrected chi connectivity index (χ1v) is 11.9. The quantitative estimate of drug-likeness (QED) is 0.503. The zero-order valence-corrected chi connectivity index (χ0v) is 19.8. The number of aromatic nitrogens is 2. The third-order valence-corrected chi connectivity index (χ3v) is 7.15. The summed E-state index contributed by atoms with van der Waals surface area (Å²) in [7, 11) is -3.66. The fourth-order valence-electron chi connectivity index (χ4n) is 3.22. The molecule has 1 N–H and O–H groups in total. The molecule has 0 aliphatic heterocycles.